The molecule has 2 fully saturated rings. The SMILES string of the molecule is CCC1C(=O)NC(C2CC2)C(=O)N1c1ccc(Br)cc1. The van der Waals surface area contributed by atoms with Crippen molar-refractivity contribution < 1.29 is 9.59 Å². The molecule has 2 aliphatic rings. The lowest BCUT2D eigenvalue weighted by Crippen LogP contribution is -2.64. The molecule has 20 heavy (non-hydrogen) atoms. The van der Waals surface area contributed by atoms with Gasteiger partial charge >= 0.3 is 0 Å². The molecule has 0 spiro atoms. The maximum absolute atomic E-state index is 12.7. The van der Waals surface area contributed by atoms with Crippen LogP contribution in [0.3, 0.4) is 0 Å². The number of hydrogen-bond donors (Lipinski definition) is 1. The third-order valence-corrected chi connectivity index (χ3v) is 4.53. The van der Waals surface area contributed by atoms with Crippen molar-refractivity contribution in [3.63, 3.8) is 0 Å². The molecule has 2 atom stereocenters. The van der Waals surface area contributed by atoms with E-state index in [1.165, 1.54) is 0 Å². The van der Waals surface area contributed by atoms with Gasteiger partial charge in [0.2, 0.25) is 5.91 Å². The van der Waals surface area contributed by atoms with Gasteiger partial charge in [-0.15, -0.1) is 0 Å². The minimum atomic E-state index is -0.404. The minimum Gasteiger partial charge on any atom is -0.342 e. The lowest BCUT2D eigenvalue weighted by atomic mass is 10.0. The van der Waals surface area contributed by atoms with Crippen molar-refractivity contribution in [1.82, 2.24) is 5.32 Å². The number of carbonyl (C=O) groups is 2. The molecule has 1 aliphatic carbocycles. The number of halogens is 1. The lowest BCUT2D eigenvalue weighted by Gasteiger charge is -2.38. The third-order valence-electron chi connectivity index (χ3n) is 4.00. The van der Waals surface area contributed by atoms with Crippen LogP contribution in [0.2, 0.25) is 0 Å². The van der Waals surface area contributed by atoms with Crippen LogP contribution in [0.25, 0.3) is 0 Å². The Labute approximate surface area is 126 Å². The lowest BCUT2D eigenvalue weighted by molar-refractivity contribution is -0.134. The molecule has 1 N–H and O–H groups in total. The number of rotatable bonds is 3. The van der Waals surface area contributed by atoms with Crippen LogP contribution in [-0.2, 0) is 9.59 Å². The van der Waals surface area contributed by atoms with Gasteiger partial charge < -0.3 is 5.32 Å². The molecule has 1 aromatic rings. The third kappa shape index (κ3) is 2.35. The van der Waals surface area contributed by atoms with E-state index in [9.17, 15) is 9.59 Å². The van der Waals surface area contributed by atoms with Crippen LogP contribution in [0.4, 0.5) is 5.69 Å². The summed E-state index contributed by atoms with van der Waals surface area (Å²) >= 11 is 3.39. The van der Waals surface area contributed by atoms with E-state index >= 15 is 0 Å². The molecule has 1 heterocycles. The summed E-state index contributed by atoms with van der Waals surface area (Å²) in [4.78, 5) is 26.6. The van der Waals surface area contributed by atoms with E-state index in [0.29, 0.717) is 12.3 Å². The number of anilines is 1. The molecule has 3 rings (SSSR count). The van der Waals surface area contributed by atoms with Crippen molar-refractivity contribution in [3.8, 4) is 0 Å². The van der Waals surface area contributed by atoms with E-state index in [-0.39, 0.29) is 17.9 Å². The Morgan fingerprint density at radius 2 is 1.90 bits per heavy atom. The van der Waals surface area contributed by atoms with Crippen molar-refractivity contribution in [2.75, 3.05) is 4.90 Å². The molecule has 1 aromatic carbocycles. The van der Waals surface area contributed by atoms with Gasteiger partial charge in [-0.25, -0.2) is 0 Å². The number of hydrogen-bond acceptors (Lipinski definition) is 2. The van der Waals surface area contributed by atoms with Gasteiger partial charge in [0.1, 0.15) is 12.1 Å². The summed E-state index contributed by atoms with van der Waals surface area (Å²) in [5.41, 5.74) is 0.797. The van der Waals surface area contributed by atoms with E-state index in [1.807, 2.05) is 31.2 Å². The average molecular weight is 337 g/mol. The van der Waals surface area contributed by atoms with Gasteiger partial charge in [0.25, 0.3) is 5.91 Å². The van der Waals surface area contributed by atoms with E-state index in [0.717, 1.165) is 23.0 Å². The van der Waals surface area contributed by atoms with Gasteiger partial charge in [-0.2, -0.15) is 0 Å². The first kappa shape index (κ1) is 13.6. The maximum atomic E-state index is 12.7. The highest BCUT2D eigenvalue weighted by molar-refractivity contribution is 9.10. The van der Waals surface area contributed by atoms with Crippen molar-refractivity contribution >= 4 is 33.4 Å². The first-order valence-corrected chi connectivity index (χ1v) is 7.80. The molecule has 2 amide bonds. The Morgan fingerprint density at radius 1 is 1.25 bits per heavy atom. The summed E-state index contributed by atoms with van der Waals surface area (Å²) in [5, 5.41) is 2.90. The van der Waals surface area contributed by atoms with Gasteiger partial charge in [-0.3, -0.25) is 14.5 Å². The van der Waals surface area contributed by atoms with Gasteiger partial charge in [-0.05, 0) is 49.4 Å². The summed E-state index contributed by atoms with van der Waals surface area (Å²) in [5.74, 6) is 0.315. The van der Waals surface area contributed by atoms with Gasteiger partial charge in [0.15, 0.2) is 0 Å². The Balaban J connectivity index is 1.95. The summed E-state index contributed by atoms with van der Waals surface area (Å²) in [6.07, 6.45) is 2.67. The second kappa shape index (κ2) is 5.20. The Bertz CT molecular complexity index is 539. The smallest absolute Gasteiger partial charge is 0.250 e. The predicted molar refractivity (Wildman–Crippen MR) is 80.4 cm³/mol. The van der Waals surface area contributed by atoms with Gasteiger partial charge in [0, 0.05) is 10.2 Å². The van der Waals surface area contributed by atoms with Crippen LogP contribution in [0.5, 0.6) is 0 Å². The fraction of sp³-hybridized carbons (Fsp3) is 0.467. The zero-order valence-electron chi connectivity index (χ0n) is 11.3. The van der Waals surface area contributed by atoms with Crippen LogP contribution in [0.1, 0.15) is 26.2 Å². The molecule has 4 nitrogen and oxygen atoms in total. The monoisotopic (exact) mass is 336 g/mol. The fourth-order valence-electron chi connectivity index (χ4n) is 2.76. The number of piperazine rings is 1. The highest BCUT2D eigenvalue weighted by Gasteiger charge is 2.46. The first-order valence-electron chi connectivity index (χ1n) is 7.01. The summed E-state index contributed by atoms with van der Waals surface area (Å²) in [6.45, 7) is 1.93. The average Bonchev–Trinajstić information content (AvgIpc) is 3.26. The second-order valence-electron chi connectivity index (χ2n) is 5.43. The molecule has 2 unspecified atom stereocenters. The Kier molecular flexibility index (Phi) is 3.54. The summed E-state index contributed by atoms with van der Waals surface area (Å²) < 4.78 is 0.960. The number of amides is 2. The second-order valence-corrected chi connectivity index (χ2v) is 6.35. The van der Waals surface area contributed by atoms with Crippen LogP contribution < -0.4 is 10.2 Å². The largest absolute Gasteiger partial charge is 0.342 e. The quantitative estimate of drug-likeness (QED) is 0.921. The van der Waals surface area contributed by atoms with E-state index < -0.39 is 6.04 Å². The van der Waals surface area contributed by atoms with Gasteiger partial charge in [-0.1, -0.05) is 22.9 Å². The molecule has 106 valence electrons. The molecule has 0 radical (unpaired) electrons. The summed E-state index contributed by atoms with van der Waals surface area (Å²) in [6, 6.07) is 6.81. The molecule has 0 aromatic heterocycles. The minimum absolute atomic E-state index is 0.0290. The van der Waals surface area contributed by atoms with Crippen molar-refractivity contribution in [3.05, 3.63) is 28.7 Å². The standard InChI is InChI=1S/C15H17BrN2O2/c1-2-12-14(19)17-13(9-3-4-9)15(20)18(12)11-7-5-10(16)6-8-11/h5-9,12-13H,2-4H2,1H3,(H,17,19). The number of nitrogens with zero attached hydrogens (tertiary/aromatic N) is 1. The Morgan fingerprint density at radius 3 is 2.45 bits per heavy atom. The zero-order valence-corrected chi connectivity index (χ0v) is 12.9. The van der Waals surface area contributed by atoms with E-state index in [4.69, 9.17) is 0 Å². The molecular formula is C15H17BrN2O2. The highest BCUT2D eigenvalue weighted by atomic mass is 79.9. The van der Waals surface area contributed by atoms with Gasteiger partial charge in [0.05, 0.1) is 0 Å². The van der Waals surface area contributed by atoms with E-state index in [1.54, 1.807) is 4.90 Å². The Hall–Kier alpha value is -1.36. The van der Waals surface area contributed by atoms with Crippen molar-refractivity contribution in [2.45, 2.75) is 38.3 Å². The van der Waals surface area contributed by atoms with E-state index in [2.05, 4.69) is 21.2 Å². The number of nitrogens with one attached hydrogen (secondary N) is 1. The number of benzene rings is 1. The molecule has 0 bridgehead atoms. The van der Waals surface area contributed by atoms with Crippen LogP contribution in [0.15, 0.2) is 28.7 Å². The molecule has 5 heteroatoms. The predicted octanol–water partition coefficient (Wildman–Crippen LogP) is 2.47. The highest BCUT2D eigenvalue weighted by Crippen LogP contribution is 2.36. The zero-order chi connectivity index (χ0) is 14.3. The summed E-state index contributed by atoms with van der Waals surface area (Å²) in [7, 11) is 0. The normalized spacial score (nSPS) is 26.6. The van der Waals surface area contributed by atoms with Crippen molar-refractivity contribution in [2.24, 2.45) is 5.92 Å². The topological polar surface area (TPSA) is 49.4 Å². The molecule has 1 saturated carbocycles. The van der Waals surface area contributed by atoms with Crippen molar-refractivity contribution in [1.29, 1.82) is 0 Å². The molecule has 1 saturated heterocycles. The molecule has 1 aliphatic heterocycles. The number of carbonyl (C=O) groups excluding carboxylic acids is 2. The van der Waals surface area contributed by atoms with Crippen LogP contribution >= 0.6 is 15.9 Å². The first-order chi connectivity index (χ1) is 9.61. The maximum Gasteiger partial charge on any atom is 0.250 e. The van der Waals surface area contributed by atoms with Crippen LogP contribution in [0, 0.1) is 5.92 Å². The van der Waals surface area contributed by atoms with Crippen LogP contribution in [-0.4, -0.2) is 23.9 Å². The molecular weight excluding hydrogens is 320 g/mol. The fourth-order valence-corrected chi connectivity index (χ4v) is 3.02.